The van der Waals surface area contributed by atoms with E-state index in [1.807, 2.05) is 0 Å². The largest absolute Gasteiger partial charge is 0.496 e. The standard InChI is InChI=1S/C5H9NO/c1-2-3-4-6-5-7/h2-4H2,1H3/q+1. The van der Waals surface area contributed by atoms with Gasteiger partial charge in [0.05, 0.1) is 0 Å². The lowest BCUT2D eigenvalue weighted by molar-refractivity contribution is 0.557. The fourth-order valence-corrected chi connectivity index (χ4v) is 0.283. The van der Waals surface area contributed by atoms with Gasteiger partial charge in [0.2, 0.25) is 6.54 Å². The second kappa shape index (κ2) is 5.38. The van der Waals surface area contributed by atoms with Crippen molar-refractivity contribution >= 4 is 6.08 Å². The van der Waals surface area contributed by atoms with E-state index in [9.17, 15) is 4.79 Å². The van der Waals surface area contributed by atoms with Crippen molar-refractivity contribution in [3.05, 3.63) is 0 Å². The molecule has 0 amide bonds. The zero-order chi connectivity index (χ0) is 5.54. The van der Waals surface area contributed by atoms with E-state index in [2.05, 4.69) is 11.9 Å². The average molecular weight is 99.1 g/mol. The van der Waals surface area contributed by atoms with E-state index in [0.717, 1.165) is 12.8 Å². The van der Waals surface area contributed by atoms with E-state index in [0.29, 0.717) is 6.54 Å². The lowest BCUT2D eigenvalue weighted by Gasteiger charge is -1.71. The Bertz CT molecular complexity index is 74.1. The first-order valence-electron chi connectivity index (χ1n) is 2.45. The monoisotopic (exact) mass is 99.1 g/mol. The second-order valence-electron chi connectivity index (χ2n) is 1.33. The molecule has 2 heteroatoms. The summed E-state index contributed by atoms with van der Waals surface area (Å²) >= 11 is 0. The van der Waals surface area contributed by atoms with E-state index in [1.165, 1.54) is 6.08 Å². The van der Waals surface area contributed by atoms with Gasteiger partial charge >= 0.3 is 6.08 Å². The van der Waals surface area contributed by atoms with Crippen LogP contribution in [-0.4, -0.2) is 12.6 Å². The maximum Gasteiger partial charge on any atom is 0.496 e. The van der Waals surface area contributed by atoms with Gasteiger partial charge in [0.1, 0.15) is 4.99 Å². The molecular formula is C5H9NO+. The van der Waals surface area contributed by atoms with Crippen LogP contribution in [0.25, 0.3) is 0 Å². The Labute approximate surface area is 43.3 Å². The summed E-state index contributed by atoms with van der Waals surface area (Å²) in [4.78, 5) is 12.7. The molecule has 0 saturated carbocycles. The van der Waals surface area contributed by atoms with Crippen LogP contribution in [-0.2, 0) is 4.79 Å². The number of hydrogen-bond acceptors (Lipinski definition) is 2. The third-order valence-electron chi connectivity index (χ3n) is 0.688. The fourth-order valence-electron chi connectivity index (χ4n) is 0.283. The van der Waals surface area contributed by atoms with Gasteiger partial charge in [-0.1, -0.05) is 6.92 Å². The van der Waals surface area contributed by atoms with Crippen LogP contribution in [0.15, 0.2) is 0 Å². The van der Waals surface area contributed by atoms with Crippen molar-refractivity contribution in [1.82, 2.24) is 4.99 Å². The molecule has 0 fully saturated rings. The highest BCUT2D eigenvalue weighted by molar-refractivity contribution is 5.30. The summed E-state index contributed by atoms with van der Waals surface area (Å²) in [6, 6.07) is 0. The van der Waals surface area contributed by atoms with Crippen LogP contribution >= 0.6 is 0 Å². The average Bonchev–Trinajstić information content (AvgIpc) is 1.69. The van der Waals surface area contributed by atoms with E-state index in [1.54, 1.807) is 0 Å². The Morgan fingerprint density at radius 2 is 2.43 bits per heavy atom. The quantitative estimate of drug-likeness (QED) is 0.287. The third-order valence-corrected chi connectivity index (χ3v) is 0.688. The first-order valence-corrected chi connectivity index (χ1v) is 2.45. The number of unbranched alkanes of at least 4 members (excludes halogenated alkanes) is 1. The molecule has 0 rings (SSSR count). The van der Waals surface area contributed by atoms with E-state index in [-0.39, 0.29) is 0 Å². The van der Waals surface area contributed by atoms with E-state index in [4.69, 9.17) is 0 Å². The lowest BCUT2D eigenvalue weighted by atomic mass is 10.3. The summed E-state index contributed by atoms with van der Waals surface area (Å²) in [6.45, 7) is 2.69. The highest BCUT2D eigenvalue weighted by Gasteiger charge is 1.87. The molecule has 1 radical (unpaired) electrons. The van der Waals surface area contributed by atoms with Crippen molar-refractivity contribution in [2.45, 2.75) is 19.8 Å². The minimum absolute atomic E-state index is 0.639. The zero-order valence-electron chi connectivity index (χ0n) is 4.48. The van der Waals surface area contributed by atoms with Crippen molar-refractivity contribution in [1.29, 1.82) is 0 Å². The molecule has 0 unspecified atom stereocenters. The molecule has 0 aliphatic rings. The molecule has 0 saturated heterocycles. The molecule has 0 bridgehead atoms. The van der Waals surface area contributed by atoms with Gasteiger partial charge in [0.15, 0.2) is 0 Å². The Balaban J connectivity index is 2.83. The number of carbonyl (C=O) groups excluding carboxylic acids is 1. The Hall–Kier alpha value is -0.620. The van der Waals surface area contributed by atoms with Crippen molar-refractivity contribution < 1.29 is 4.79 Å². The van der Waals surface area contributed by atoms with Crippen molar-refractivity contribution in [3.8, 4) is 0 Å². The minimum atomic E-state index is 0.639. The van der Waals surface area contributed by atoms with Crippen LogP contribution in [0.5, 0.6) is 0 Å². The first-order chi connectivity index (χ1) is 3.41. The van der Waals surface area contributed by atoms with Crippen molar-refractivity contribution in [3.63, 3.8) is 0 Å². The van der Waals surface area contributed by atoms with Gasteiger partial charge in [-0.15, -0.1) is 0 Å². The highest BCUT2D eigenvalue weighted by atomic mass is 16.1. The second-order valence-corrected chi connectivity index (χ2v) is 1.33. The lowest BCUT2D eigenvalue weighted by Crippen LogP contribution is -1.89. The normalized spacial score (nSPS) is 7.57. The molecule has 0 aliphatic heterocycles. The number of hydrogen-bond donors (Lipinski definition) is 0. The van der Waals surface area contributed by atoms with Crippen LogP contribution in [0.4, 0.5) is 0 Å². The summed E-state index contributed by atoms with van der Waals surface area (Å²) in [7, 11) is 0. The topological polar surface area (TPSA) is 31.2 Å². The molecule has 0 aromatic carbocycles. The molecule has 0 atom stereocenters. The summed E-state index contributed by atoms with van der Waals surface area (Å²) in [5.41, 5.74) is 0. The third kappa shape index (κ3) is 5.38. The summed E-state index contributed by atoms with van der Waals surface area (Å²) in [5, 5.41) is 0. The molecule has 0 heterocycles. The van der Waals surface area contributed by atoms with E-state index < -0.39 is 0 Å². The van der Waals surface area contributed by atoms with Gasteiger partial charge in [-0.05, 0) is 6.42 Å². The predicted octanol–water partition coefficient (Wildman–Crippen LogP) is 0.458. The molecule has 2 nitrogen and oxygen atoms in total. The fraction of sp³-hybridized carbons (Fsp3) is 0.800. The zero-order valence-corrected chi connectivity index (χ0v) is 4.48. The number of rotatable bonds is 3. The number of nitrogens with zero attached hydrogens (tertiary/aromatic N) is 1. The highest BCUT2D eigenvalue weighted by Crippen LogP contribution is 1.79. The van der Waals surface area contributed by atoms with Crippen LogP contribution in [0.1, 0.15) is 19.8 Å². The molecule has 0 N–H and O–H groups in total. The molecule has 0 aromatic heterocycles. The Kier molecular flexibility index (Phi) is 4.90. The molecule has 7 heavy (non-hydrogen) atoms. The number of isocyanates is 1. The predicted molar refractivity (Wildman–Crippen MR) is 27.6 cm³/mol. The van der Waals surface area contributed by atoms with Gasteiger partial charge in [0.25, 0.3) is 0 Å². The molecule has 0 spiro atoms. The van der Waals surface area contributed by atoms with Gasteiger partial charge in [-0.2, -0.15) is 4.79 Å². The maximum atomic E-state index is 9.39. The van der Waals surface area contributed by atoms with Gasteiger partial charge in [0, 0.05) is 6.42 Å². The van der Waals surface area contributed by atoms with Crippen molar-refractivity contribution in [2.24, 2.45) is 0 Å². The van der Waals surface area contributed by atoms with Crippen LogP contribution < -0.4 is 4.99 Å². The molecule has 0 aromatic rings. The SMILES string of the molecule is CCCC[N+]=C=O. The van der Waals surface area contributed by atoms with Gasteiger partial charge in [-0.25, -0.2) is 0 Å². The van der Waals surface area contributed by atoms with Crippen LogP contribution in [0, 0.1) is 0 Å². The minimum Gasteiger partial charge on any atom is -0.154 e. The van der Waals surface area contributed by atoms with E-state index >= 15 is 0 Å². The summed E-state index contributed by atoms with van der Waals surface area (Å²) < 4.78 is 0. The molecule has 0 aliphatic carbocycles. The van der Waals surface area contributed by atoms with Gasteiger partial charge < -0.3 is 0 Å². The van der Waals surface area contributed by atoms with Crippen LogP contribution in [0.3, 0.4) is 0 Å². The van der Waals surface area contributed by atoms with Gasteiger partial charge in [-0.3, -0.25) is 0 Å². The molecule has 39 valence electrons. The maximum absolute atomic E-state index is 9.39. The van der Waals surface area contributed by atoms with Crippen molar-refractivity contribution in [2.75, 3.05) is 6.54 Å². The molecular weight excluding hydrogens is 90.1 g/mol. The summed E-state index contributed by atoms with van der Waals surface area (Å²) in [5.74, 6) is 0. The number of aliphatic imine (C=N–C) groups is 1. The van der Waals surface area contributed by atoms with Crippen LogP contribution in [0.2, 0.25) is 0 Å². The Morgan fingerprint density at radius 3 is 2.86 bits per heavy atom. The first kappa shape index (κ1) is 6.38. The smallest absolute Gasteiger partial charge is 0.154 e. The summed E-state index contributed by atoms with van der Waals surface area (Å²) in [6.07, 6.45) is 3.56. The Morgan fingerprint density at radius 1 is 1.71 bits per heavy atom.